The minimum Gasteiger partial charge on any atom is -0.383 e. The Morgan fingerprint density at radius 1 is 1.11 bits per heavy atom. The van der Waals surface area contributed by atoms with Crippen LogP contribution in [0.15, 0.2) is 41.6 Å². The predicted molar refractivity (Wildman–Crippen MR) is 133 cm³/mol. The Hall–Kier alpha value is -3.50. The first-order valence-electron chi connectivity index (χ1n) is 11.9. The molecule has 182 valence electrons. The van der Waals surface area contributed by atoms with Gasteiger partial charge in [0.25, 0.3) is 5.56 Å². The van der Waals surface area contributed by atoms with Crippen LogP contribution in [-0.2, 0) is 22.9 Å². The fraction of sp³-hybridized carbons (Fsp3) is 0.440. The fourth-order valence-corrected chi connectivity index (χ4v) is 5.71. The van der Waals surface area contributed by atoms with E-state index in [4.69, 9.17) is 20.9 Å². The van der Waals surface area contributed by atoms with Crippen LogP contribution in [0.5, 0.6) is 0 Å². The van der Waals surface area contributed by atoms with Crippen LogP contribution in [0.4, 0.5) is 11.8 Å². The molecule has 6 rings (SSSR count). The molecule has 10 heteroatoms. The zero-order chi connectivity index (χ0) is 24.5. The average Bonchev–Trinajstić information content (AvgIpc) is 3.47. The minimum atomic E-state index is -0.645. The maximum absolute atomic E-state index is 12.5. The van der Waals surface area contributed by atoms with Crippen molar-refractivity contribution in [2.45, 2.75) is 57.1 Å². The number of rotatable bonds is 4. The average molecular weight is 476 g/mol. The van der Waals surface area contributed by atoms with E-state index in [1.54, 1.807) is 7.05 Å². The molecule has 2 aliphatic rings. The Bertz CT molecular complexity index is 1510. The largest absolute Gasteiger partial charge is 0.383 e. The quantitative estimate of drug-likeness (QED) is 0.460. The van der Waals surface area contributed by atoms with Crippen molar-refractivity contribution in [1.82, 2.24) is 24.1 Å². The van der Waals surface area contributed by atoms with Crippen molar-refractivity contribution in [3.8, 4) is 0 Å². The highest BCUT2D eigenvalue weighted by Gasteiger charge is 2.54. The van der Waals surface area contributed by atoms with Gasteiger partial charge in [-0.2, -0.15) is 0 Å². The molecular weight excluding hydrogens is 446 g/mol. The maximum Gasteiger partial charge on any atom is 0.262 e. The van der Waals surface area contributed by atoms with Crippen LogP contribution in [0.2, 0.25) is 0 Å². The van der Waals surface area contributed by atoms with Crippen LogP contribution < -0.4 is 17.0 Å². The summed E-state index contributed by atoms with van der Waals surface area (Å²) in [5.74, 6) is 0.335. The van der Waals surface area contributed by atoms with Crippen LogP contribution in [0.1, 0.15) is 38.3 Å². The molecule has 3 aromatic heterocycles. The highest BCUT2D eigenvalue weighted by atomic mass is 16.8. The topological polar surface area (TPSA) is 136 Å². The number of nitrogens with zero attached hydrogens (tertiary/aromatic N) is 5. The van der Waals surface area contributed by atoms with E-state index in [1.165, 1.54) is 10.9 Å². The van der Waals surface area contributed by atoms with Crippen LogP contribution in [-0.4, -0.2) is 42.1 Å². The third-order valence-electron chi connectivity index (χ3n) is 7.43. The lowest BCUT2D eigenvalue weighted by molar-refractivity contribution is -0.160. The molecule has 1 saturated carbocycles. The number of aromatic nitrogens is 5. The van der Waals surface area contributed by atoms with E-state index in [0.29, 0.717) is 22.6 Å². The van der Waals surface area contributed by atoms with E-state index in [-0.39, 0.29) is 29.8 Å². The molecule has 35 heavy (non-hydrogen) atoms. The van der Waals surface area contributed by atoms with Crippen molar-refractivity contribution in [2.24, 2.45) is 13.0 Å². The molecule has 0 bridgehead atoms. The van der Waals surface area contributed by atoms with Crippen molar-refractivity contribution in [1.29, 1.82) is 0 Å². The molecule has 4 N–H and O–H groups in total. The molecule has 10 nitrogen and oxygen atoms in total. The molecular formula is C25H29N7O3. The van der Waals surface area contributed by atoms with Gasteiger partial charge in [-0.15, -0.1) is 0 Å². The van der Waals surface area contributed by atoms with Gasteiger partial charge in [0.05, 0.1) is 28.4 Å². The number of benzene rings is 1. The fourth-order valence-electron chi connectivity index (χ4n) is 5.71. The van der Waals surface area contributed by atoms with E-state index in [0.717, 1.165) is 35.9 Å². The number of ether oxygens (including phenoxy) is 2. The van der Waals surface area contributed by atoms with E-state index in [9.17, 15) is 4.79 Å². The van der Waals surface area contributed by atoms with E-state index < -0.39 is 5.79 Å². The number of nitrogen functional groups attached to an aromatic ring is 2. The summed E-state index contributed by atoms with van der Waals surface area (Å²) in [6.45, 7) is 3.93. The van der Waals surface area contributed by atoms with Gasteiger partial charge in [-0.05, 0) is 62.8 Å². The Balaban J connectivity index is 1.28. The first-order valence-corrected chi connectivity index (χ1v) is 11.9. The SMILES string of the molecule is Cn1c(N)nc2cc(CC[C@H]3C[C@@H](n4ccc5c(N)ncnc54)[C@@H]4OC(C)(C)O[C@H]34)ccc2c1=O. The van der Waals surface area contributed by atoms with Gasteiger partial charge in [-0.25, -0.2) is 15.0 Å². The number of fused-ring (bicyclic) bond motifs is 3. The van der Waals surface area contributed by atoms with E-state index >= 15 is 0 Å². The molecule has 0 amide bonds. The molecule has 1 aliphatic carbocycles. The first kappa shape index (κ1) is 22.0. The van der Waals surface area contributed by atoms with Crippen molar-refractivity contribution in [3.05, 3.63) is 52.7 Å². The second-order valence-electron chi connectivity index (χ2n) is 10.1. The monoisotopic (exact) mass is 475 g/mol. The van der Waals surface area contributed by atoms with Crippen LogP contribution >= 0.6 is 0 Å². The van der Waals surface area contributed by atoms with E-state index in [2.05, 4.69) is 19.5 Å². The third kappa shape index (κ3) is 3.55. The molecule has 4 atom stereocenters. The van der Waals surface area contributed by atoms with Gasteiger partial charge in [-0.3, -0.25) is 9.36 Å². The van der Waals surface area contributed by atoms with Crippen LogP contribution in [0, 0.1) is 5.92 Å². The first-order chi connectivity index (χ1) is 16.7. The number of hydrogen-bond acceptors (Lipinski definition) is 8. The molecule has 1 aromatic carbocycles. The molecule has 2 fully saturated rings. The minimum absolute atomic E-state index is 0.0202. The summed E-state index contributed by atoms with van der Waals surface area (Å²) in [5, 5.41) is 1.42. The summed E-state index contributed by atoms with van der Waals surface area (Å²) >= 11 is 0. The van der Waals surface area contributed by atoms with Crippen molar-refractivity contribution in [3.63, 3.8) is 0 Å². The summed E-state index contributed by atoms with van der Waals surface area (Å²) in [7, 11) is 1.63. The Labute approximate surface area is 201 Å². The number of aryl methyl sites for hydroxylation is 1. The zero-order valence-electron chi connectivity index (χ0n) is 20.0. The van der Waals surface area contributed by atoms with Crippen LogP contribution in [0.3, 0.4) is 0 Å². The maximum atomic E-state index is 12.5. The molecule has 1 aliphatic heterocycles. The van der Waals surface area contributed by atoms with Crippen molar-refractivity contribution >= 4 is 33.7 Å². The highest BCUT2D eigenvalue weighted by molar-refractivity contribution is 5.86. The molecule has 0 spiro atoms. The Kier molecular flexibility index (Phi) is 4.87. The lowest BCUT2D eigenvalue weighted by Crippen LogP contribution is -2.27. The number of nitrogens with two attached hydrogens (primary N) is 2. The molecule has 0 unspecified atom stereocenters. The highest BCUT2D eigenvalue weighted by Crippen LogP contribution is 2.49. The van der Waals surface area contributed by atoms with Crippen LogP contribution in [0.25, 0.3) is 21.9 Å². The standard InChI is InChI=1S/C25H29N7O3/c1-25(2)34-19-14(6-4-13-5-7-15-17(10-13)30-24(27)31(3)23(15)33)11-18(20(19)35-25)32-9-8-16-21(26)28-12-29-22(16)32/h5,7-10,12,14,18-20H,4,6,11H2,1-3H3,(H2,27,30)(H2,26,28,29)/t14-,18+,19+,20-/m0/s1. The predicted octanol–water partition coefficient (Wildman–Crippen LogP) is 2.56. The van der Waals surface area contributed by atoms with Gasteiger partial charge in [0, 0.05) is 13.2 Å². The van der Waals surface area contributed by atoms with Gasteiger partial charge in [0.15, 0.2) is 5.79 Å². The van der Waals surface area contributed by atoms with Crippen molar-refractivity contribution in [2.75, 3.05) is 11.5 Å². The van der Waals surface area contributed by atoms with Gasteiger partial charge in [-0.1, -0.05) is 6.07 Å². The lowest BCUT2D eigenvalue weighted by atomic mass is 9.95. The van der Waals surface area contributed by atoms with Gasteiger partial charge in [0.2, 0.25) is 5.95 Å². The van der Waals surface area contributed by atoms with Crippen molar-refractivity contribution < 1.29 is 9.47 Å². The third-order valence-corrected chi connectivity index (χ3v) is 7.43. The zero-order valence-corrected chi connectivity index (χ0v) is 20.0. The Morgan fingerprint density at radius 3 is 2.74 bits per heavy atom. The van der Waals surface area contributed by atoms with E-state index in [1.807, 2.05) is 44.3 Å². The normalized spacial score (nSPS) is 25.5. The van der Waals surface area contributed by atoms with Gasteiger partial charge < -0.3 is 25.5 Å². The summed E-state index contributed by atoms with van der Waals surface area (Å²) in [4.78, 5) is 25.5. The lowest BCUT2D eigenvalue weighted by Gasteiger charge is -2.24. The summed E-state index contributed by atoms with van der Waals surface area (Å²) < 4.78 is 16.3. The molecule has 4 aromatic rings. The second-order valence-corrected chi connectivity index (χ2v) is 10.1. The van der Waals surface area contributed by atoms with Gasteiger partial charge >= 0.3 is 0 Å². The number of anilines is 2. The molecule has 0 radical (unpaired) electrons. The second kappa shape index (κ2) is 7.76. The molecule has 1 saturated heterocycles. The summed E-state index contributed by atoms with van der Waals surface area (Å²) in [6, 6.07) is 7.85. The summed E-state index contributed by atoms with van der Waals surface area (Å²) in [5.41, 5.74) is 14.4. The summed E-state index contributed by atoms with van der Waals surface area (Å²) in [6.07, 6.45) is 6.07. The smallest absolute Gasteiger partial charge is 0.262 e. The Morgan fingerprint density at radius 2 is 1.91 bits per heavy atom. The van der Waals surface area contributed by atoms with Gasteiger partial charge in [0.1, 0.15) is 23.9 Å². The molecule has 4 heterocycles. The number of hydrogen-bond donors (Lipinski definition) is 2.